The maximum atomic E-state index is 11.8. The van der Waals surface area contributed by atoms with Gasteiger partial charge in [0.05, 0.1) is 6.21 Å². The van der Waals surface area contributed by atoms with Gasteiger partial charge >= 0.3 is 0 Å². The summed E-state index contributed by atoms with van der Waals surface area (Å²) in [7, 11) is 0. The summed E-state index contributed by atoms with van der Waals surface area (Å²) in [5.41, 5.74) is 5.31. The molecule has 0 radical (unpaired) electrons. The molecule has 0 saturated carbocycles. The van der Waals surface area contributed by atoms with Gasteiger partial charge in [-0.3, -0.25) is 4.79 Å². The number of halogens is 1. The number of benzene rings is 2. The number of rotatable bonds is 6. The van der Waals surface area contributed by atoms with Crippen molar-refractivity contribution in [1.29, 1.82) is 0 Å². The van der Waals surface area contributed by atoms with Crippen molar-refractivity contribution in [3.05, 3.63) is 77.3 Å². The minimum Gasteiger partial charge on any atom is -0.490 e. The molecule has 0 bridgehead atoms. The Morgan fingerprint density at radius 1 is 1.14 bits per heavy atom. The van der Waals surface area contributed by atoms with Crippen LogP contribution in [0.4, 0.5) is 0 Å². The van der Waals surface area contributed by atoms with Gasteiger partial charge in [-0.1, -0.05) is 29.8 Å². The highest BCUT2D eigenvalue weighted by molar-refractivity contribution is 6.25. The average molecular weight is 315 g/mol. The van der Waals surface area contributed by atoms with E-state index in [1.54, 1.807) is 36.6 Å². The van der Waals surface area contributed by atoms with Crippen LogP contribution in [-0.4, -0.2) is 18.7 Å². The molecule has 1 N–H and O–H groups in total. The zero-order chi connectivity index (χ0) is 15.6. The summed E-state index contributed by atoms with van der Waals surface area (Å²) in [6, 6.07) is 16.2. The molecule has 0 heterocycles. The maximum Gasteiger partial charge on any atom is 0.271 e. The van der Waals surface area contributed by atoms with Crippen molar-refractivity contribution in [3.8, 4) is 5.75 Å². The van der Waals surface area contributed by atoms with Gasteiger partial charge in [0.25, 0.3) is 5.91 Å². The van der Waals surface area contributed by atoms with Crippen LogP contribution >= 0.6 is 11.6 Å². The van der Waals surface area contributed by atoms with Crippen molar-refractivity contribution in [2.45, 2.75) is 0 Å². The Bertz CT molecular complexity index is 652. The minimum absolute atomic E-state index is 0.246. The number of hydrogen-bond donors (Lipinski definition) is 1. The molecule has 2 aromatic rings. The third kappa shape index (κ3) is 5.07. The standard InChI is InChI=1S/C17H15ClN2O2/c18-11-4-12-22-16-9-7-14(8-10-16)13-19-20-17(21)15-5-2-1-3-6-15/h1-11,13H,12H2,(H,20,21)/b11-4+,19-13+. The van der Waals surface area contributed by atoms with Crippen molar-refractivity contribution in [2.24, 2.45) is 5.10 Å². The van der Waals surface area contributed by atoms with Crippen LogP contribution in [0.3, 0.4) is 0 Å². The highest BCUT2D eigenvalue weighted by Crippen LogP contribution is 2.11. The molecule has 0 spiro atoms. The van der Waals surface area contributed by atoms with E-state index < -0.39 is 0 Å². The predicted octanol–water partition coefficient (Wildman–Crippen LogP) is 3.58. The third-order valence-electron chi connectivity index (χ3n) is 2.73. The first kappa shape index (κ1) is 15.8. The molecule has 2 rings (SSSR count). The van der Waals surface area contributed by atoms with E-state index in [1.807, 2.05) is 30.3 Å². The molecule has 0 fully saturated rings. The third-order valence-corrected chi connectivity index (χ3v) is 2.91. The Morgan fingerprint density at radius 3 is 2.55 bits per heavy atom. The van der Waals surface area contributed by atoms with Gasteiger partial charge in [0.1, 0.15) is 12.4 Å². The maximum absolute atomic E-state index is 11.8. The summed E-state index contributed by atoms with van der Waals surface area (Å²) in [5.74, 6) is 0.491. The van der Waals surface area contributed by atoms with Crippen LogP contribution in [-0.2, 0) is 0 Å². The van der Waals surface area contributed by atoms with Crippen molar-refractivity contribution >= 4 is 23.7 Å². The molecule has 0 saturated heterocycles. The molecule has 1 amide bonds. The van der Waals surface area contributed by atoms with Crippen molar-refractivity contribution in [3.63, 3.8) is 0 Å². The molecule has 0 aliphatic heterocycles. The molecule has 4 nitrogen and oxygen atoms in total. The highest BCUT2D eigenvalue weighted by atomic mass is 35.5. The molecule has 2 aromatic carbocycles. The van der Waals surface area contributed by atoms with Crippen molar-refractivity contribution in [2.75, 3.05) is 6.61 Å². The first-order valence-corrected chi connectivity index (χ1v) is 7.10. The van der Waals surface area contributed by atoms with Crippen LogP contribution in [0.5, 0.6) is 5.75 Å². The first-order valence-electron chi connectivity index (χ1n) is 6.66. The van der Waals surface area contributed by atoms with E-state index in [1.165, 1.54) is 5.54 Å². The summed E-state index contributed by atoms with van der Waals surface area (Å²) < 4.78 is 5.42. The normalized spacial score (nSPS) is 11.0. The summed E-state index contributed by atoms with van der Waals surface area (Å²) in [6.07, 6.45) is 3.28. The molecule has 0 aromatic heterocycles. The average Bonchev–Trinajstić information content (AvgIpc) is 2.57. The van der Waals surface area contributed by atoms with E-state index in [0.717, 1.165) is 11.3 Å². The molecule has 0 atom stereocenters. The Hall–Kier alpha value is -2.59. The fourth-order valence-electron chi connectivity index (χ4n) is 1.65. The number of amides is 1. The summed E-state index contributed by atoms with van der Waals surface area (Å²) in [5, 5.41) is 3.93. The Balaban J connectivity index is 1.86. The van der Waals surface area contributed by atoms with Gasteiger partial charge < -0.3 is 4.74 Å². The number of hydrogen-bond acceptors (Lipinski definition) is 3. The molecular weight excluding hydrogens is 300 g/mol. The molecular formula is C17H15ClN2O2. The van der Waals surface area contributed by atoms with E-state index in [2.05, 4.69) is 10.5 Å². The topological polar surface area (TPSA) is 50.7 Å². The fraction of sp³-hybridized carbons (Fsp3) is 0.0588. The van der Waals surface area contributed by atoms with E-state index in [9.17, 15) is 4.79 Å². The lowest BCUT2D eigenvalue weighted by molar-refractivity contribution is 0.0955. The zero-order valence-electron chi connectivity index (χ0n) is 11.8. The van der Waals surface area contributed by atoms with Gasteiger partial charge in [0, 0.05) is 11.1 Å². The largest absolute Gasteiger partial charge is 0.490 e. The molecule has 112 valence electrons. The SMILES string of the molecule is O=C(N/N=C/c1ccc(OC/C=C/Cl)cc1)c1ccccc1. The Kier molecular flexibility index (Phi) is 6.20. The monoisotopic (exact) mass is 314 g/mol. The smallest absolute Gasteiger partial charge is 0.271 e. The number of hydrazone groups is 1. The quantitative estimate of drug-likeness (QED) is 0.654. The van der Waals surface area contributed by atoms with Gasteiger partial charge in [-0.2, -0.15) is 5.10 Å². The predicted molar refractivity (Wildman–Crippen MR) is 88.4 cm³/mol. The number of nitrogens with zero attached hydrogens (tertiary/aromatic N) is 1. The van der Waals surface area contributed by atoms with Crippen LogP contribution in [0.15, 0.2) is 71.3 Å². The lowest BCUT2D eigenvalue weighted by Crippen LogP contribution is -2.17. The first-order chi connectivity index (χ1) is 10.8. The number of carbonyl (C=O) groups excluding carboxylic acids is 1. The molecule has 0 unspecified atom stereocenters. The molecule has 5 heteroatoms. The summed E-state index contributed by atoms with van der Waals surface area (Å²) in [6.45, 7) is 0.421. The highest BCUT2D eigenvalue weighted by Gasteiger charge is 2.01. The van der Waals surface area contributed by atoms with E-state index in [-0.39, 0.29) is 5.91 Å². The van der Waals surface area contributed by atoms with Gasteiger partial charge in [-0.15, -0.1) is 0 Å². The summed E-state index contributed by atoms with van der Waals surface area (Å²) in [4.78, 5) is 11.8. The zero-order valence-corrected chi connectivity index (χ0v) is 12.5. The van der Waals surface area contributed by atoms with Crippen molar-refractivity contribution in [1.82, 2.24) is 5.43 Å². The van der Waals surface area contributed by atoms with E-state index in [0.29, 0.717) is 12.2 Å². The van der Waals surface area contributed by atoms with Crippen LogP contribution in [0.2, 0.25) is 0 Å². The van der Waals surface area contributed by atoms with Crippen LogP contribution in [0.25, 0.3) is 0 Å². The van der Waals surface area contributed by atoms with E-state index in [4.69, 9.17) is 16.3 Å². The molecule has 22 heavy (non-hydrogen) atoms. The van der Waals surface area contributed by atoms with Gasteiger partial charge in [0.15, 0.2) is 0 Å². The second-order valence-electron chi connectivity index (χ2n) is 4.31. The van der Waals surface area contributed by atoms with Crippen LogP contribution in [0, 0.1) is 0 Å². The second kappa shape index (κ2) is 8.64. The van der Waals surface area contributed by atoms with E-state index >= 15 is 0 Å². The fourth-order valence-corrected chi connectivity index (χ4v) is 1.72. The van der Waals surface area contributed by atoms with Crippen LogP contribution in [0.1, 0.15) is 15.9 Å². The lowest BCUT2D eigenvalue weighted by Gasteiger charge is -2.03. The molecule has 0 aliphatic carbocycles. The second-order valence-corrected chi connectivity index (χ2v) is 4.56. The van der Waals surface area contributed by atoms with Crippen molar-refractivity contribution < 1.29 is 9.53 Å². The van der Waals surface area contributed by atoms with Crippen LogP contribution < -0.4 is 10.2 Å². The number of nitrogens with one attached hydrogen (secondary N) is 1. The Morgan fingerprint density at radius 2 is 1.86 bits per heavy atom. The van der Waals surface area contributed by atoms with Gasteiger partial charge in [-0.25, -0.2) is 5.43 Å². The lowest BCUT2D eigenvalue weighted by atomic mass is 10.2. The number of carbonyl (C=O) groups is 1. The Labute approximate surface area is 134 Å². The van der Waals surface area contributed by atoms with Gasteiger partial charge in [-0.05, 0) is 48.0 Å². The minimum atomic E-state index is -0.246. The number of ether oxygens (including phenoxy) is 1. The summed E-state index contributed by atoms with van der Waals surface area (Å²) >= 11 is 5.41. The van der Waals surface area contributed by atoms with Gasteiger partial charge in [0.2, 0.25) is 0 Å². The molecule has 0 aliphatic rings.